The van der Waals surface area contributed by atoms with Crippen molar-refractivity contribution in [1.82, 2.24) is 0 Å². The Morgan fingerprint density at radius 2 is 1.83 bits per heavy atom. The number of aryl methyl sites for hydroxylation is 1. The summed E-state index contributed by atoms with van der Waals surface area (Å²) in [6, 6.07) is 15.3. The van der Waals surface area contributed by atoms with Crippen LogP contribution in [0.25, 0.3) is 0 Å². The summed E-state index contributed by atoms with van der Waals surface area (Å²) in [6.07, 6.45) is 1.72. The molecule has 0 aromatic heterocycles. The number of aliphatic imine (C=N–C) groups is 1. The summed E-state index contributed by atoms with van der Waals surface area (Å²) in [4.78, 5) is 4.44. The highest BCUT2D eigenvalue weighted by Crippen LogP contribution is 2.16. The Bertz CT molecular complexity index is 546. The second-order valence-corrected chi connectivity index (χ2v) is 4.37. The zero-order chi connectivity index (χ0) is 13.0. The molecule has 0 bridgehead atoms. The van der Waals surface area contributed by atoms with E-state index < -0.39 is 0 Å². The van der Waals surface area contributed by atoms with E-state index in [9.17, 15) is 4.39 Å². The first-order valence-electron chi connectivity index (χ1n) is 6.01. The van der Waals surface area contributed by atoms with Gasteiger partial charge in [-0.15, -0.1) is 0 Å². The van der Waals surface area contributed by atoms with Crippen molar-refractivity contribution in [2.24, 2.45) is 4.99 Å². The van der Waals surface area contributed by atoms with Gasteiger partial charge >= 0.3 is 0 Å². The van der Waals surface area contributed by atoms with Gasteiger partial charge in [-0.2, -0.15) is 0 Å². The molecule has 2 aromatic rings. The largest absolute Gasteiger partial charge is 0.285 e. The van der Waals surface area contributed by atoms with Gasteiger partial charge in [0.2, 0.25) is 0 Å². The highest BCUT2D eigenvalue weighted by molar-refractivity contribution is 5.79. The van der Waals surface area contributed by atoms with Gasteiger partial charge in [0.25, 0.3) is 0 Å². The average Bonchev–Trinajstić information content (AvgIpc) is 2.41. The Morgan fingerprint density at radius 1 is 1.11 bits per heavy atom. The standard InChI is InChI=1S/C16H16FN/c1-12-8-9-14(10-16(12)17)11-18-13(2)15-6-4-3-5-7-15/h3-11,13H,1-2H3/b18-11+/t13-/m0/s1. The molecule has 0 aliphatic carbocycles. The predicted molar refractivity (Wildman–Crippen MR) is 73.6 cm³/mol. The van der Waals surface area contributed by atoms with Crippen LogP contribution in [0.5, 0.6) is 0 Å². The molecule has 0 unspecified atom stereocenters. The molecule has 0 N–H and O–H groups in total. The fourth-order valence-electron chi connectivity index (χ4n) is 1.70. The van der Waals surface area contributed by atoms with E-state index in [4.69, 9.17) is 0 Å². The van der Waals surface area contributed by atoms with Crippen molar-refractivity contribution < 1.29 is 4.39 Å². The van der Waals surface area contributed by atoms with Crippen molar-refractivity contribution >= 4 is 6.21 Å². The average molecular weight is 241 g/mol. The lowest BCUT2D eigenvalue weighted by Crippen LogP contribution is -1.92. The van der Waals surface area contributed by atoms with Crippen LogP contribution in [0.3, 0.4) is 0 Å². The normalized spacial score (nSPS) is 12.8. The molecule has 0 saturated carbocycles. The van der Waals surface area contributed by atoms with E-state index in [0.717, 1.165) is 11.1 Å². The van der Waals surface area contributed by atoms with Crippen LogP contribution >= 0.6 is 0 Å². The molecule has 0 spiro atoms. The van der Waals surface area contributed by atoms with Crippen LogP contribution in [0.4, 0.5) is 4.39 Å². The Morgan fingerprint density at radius 3 is 2.50 bits per heavy atom. The van der Waals surface area contributed by atoms with Gasteiger partial charge in [0, 0.05) is 6.21 Å². The van der Waals surface area contributed by atoms with E-state index in [2.05, 4.69) is 4.99 Å². The number of rotatable bonds is 3. The summed E-state index contributed by atoms with van der Waals surface area (Å²) in [7, 11) is 0. The molecular formula is C16H16FN. The SMILES string of the molecule is Cc1ccc(/C=N/[C@@H](C)c2ccccc2)cc1F. The first-order chi connectivity index (χ1) is 8.66. The Kier molecular flexibility index (Phi) is 3.88. The molecular weight excluding hydrogens is 225 g/mol. The van der Waals surface area contributed by atoms with Gasteiger partial charge < -0.3 is 0 Å². The summed E-state index contributed by atoms with van der Waals surface area (Å²) in [5.74, 6) is -0.189. The van der Waals surface area contributed by atoms with Crippen molar-refractivity contribution in [3.05, 3.63) is 71.0 Å². The van der Waals surface area contributed by atoms with Crippen LogP contribution in [0.1, 0.15) is 29.7 Å². The maximum atomic E-state index is 13.4. The van der Waals surface area contributed by atoms with E-state index in [1.807, 2.05) is 43.3 Å². The molecule has 92 valence electrons. The molecule has 0 aliphatic heterocycles. The molecule has 2 rings (SSSR count). The molecule has 0 saturated heterocycles. The molecule has 0 amide bonds. The molecule has 0 fully saturated rings. The molecule has 0 aliphatic rings. The molecule has 0 heterocycles. The number of hydrogen-bond acceptors (Lipinski definition) is 1. The lowest BCUT2D eigenvalue weighted by Gasteiger charge is -2.05. The summed E-state index contributed by atoms with van der Waals surface area (Å²) >= 11 is 0. The van der Waals surface area contributed by atoms with Gasteiger partial charge in [0.1, 0.15) is 5.82 Å². The number of halogens is 1. The fourth-order valence-corrected chi connectivity index (χ4v) is 1.70. The molecule has 18 heavy (non-hydrogen) atoms. The quantitative estimate of drug-likeness (QED) is 0.710. The summed E-state index contributed by atoms with van der Waals surface area (Å²) in [5, 5.41) is 0. The topological polar surface area (TPSA) is 12.4 Å². The molecule has 1 nitrogen and oxygen atoms in total. The second-order valence-electron chi connectivity index (χ2n) is 4.37. The Balaban J connectivity index is 2.13. The predicted octanol–water partition coefficient (Wildman–Crippen LogP) is 4.31. The zero-order valence-corrected chi connectivity index (χ0v) is 10.6. The molecule has 0 radical (unpaired) electrons. The van der Waals surface area contributed by atoms with Crippen LogP contribution in [0.2, 0.25) is 0 Å². The van der Waals surface area contributed by atoms with Gasteiger partial charge in [0.05, 0.1) is 6.04 Å². The Hall–Kier alpha value is -1.96. The monoisotopic (exact) mass is 241 g/mol. The van der Waals surface area contributed by atoms with Crippen LogP contribution < -0.4 is 0 Å². The fraction of sp³-hybridized carbons (Fsp3) is 0.188. The zero-order valence-electron chi connectivity index (χ0n) is 10.6. The third-order valence-electron chi connectivity index (χ3n) is 2.93. The van der Waals surface area contributed by atoms with E-state index in [-0.39, 0.29) is 11.9 Å². The maximum absolute atomic E-state index is 13.4. The van der Waals surface area contributed by atoms with E-state index in [1.165, 1.54) is 6.07 Å². The number of nitrogens with zero attached hydrogens (tertiary/aromatic N) is 1. The minimum Gasteiger partial charge on any atom is -0.285 e. The molecule has 2 aromatic carbocycles. The minimum atomic E-state index is -0.189. The van der Waals surface area contributed by atoms with Gasteiger partial charge in [-0.25, -0.2) is 4.39 Å². The smallest absolute Gasteiger partial charge is 0.126 e. The van der Waals surface area contributed by atoms with E-state index in [0.29, 0.717) is 5.56 Å². The van der Waals surface area contributed by atoms with Crippen molar-refractivity contribution in [3.8, 4) is 0 Å². The second kappa shape index (κ2) is 5.58. The van der Waals surface area contributed by atoms with Crippen LogP contribution in [-0.4, -0.2) is 6.21 Å². The highest BCUT2D eigenvalue weighted by Gasteiger charge is 2.01. The summed E-state index contributed by atoms with van der Waals surface area (Å²) in [6.45, 7) is 3.78. The van der Waals surface area contributed by atoms with E-state index in [1.54, 1.807) is 19.2 Å². The highest BCUT2D eigenvalue weighted by atomic mass is 19.1. The number of benzene rings is 2. The van der Waals surface area contributed by atoms with Crippen LogP contribution in [0.15, 0.2) is 53.5 Å². The maximum Gasteiger partial charge on any atom is 0.126 e. The van der Waals surface area contributed by atoms with Gasteiger partial charge in [-0.05, 0) is 36.6 Å². The lowest BCUT2D eigenvalue weighted by molar-refractivity contribution is 0.618. The van der Waals surface area contributed by atoms with Crippen molar-refractivity contribution in [2.75, 3.05) is 0 Å². The molecule has 1 atom stereocenters. The molecule has 2 heteroatoms. The van der Waals surface area contributed by atoms with Crippen molar-refractivity contribution in [3.63, 3.8) is 0 Å². The lowest BCUT2D eigenvalue weighted by atomic mass is 10.1. The summed E-state index contributed by atoms with van der Waals surface area (Å²) < 4.78 is 13.4. The van der Waals surface area contributed by atoms with E-state index >= 15 is 0 Å². The number of hydrogen-bond donors (Lipinski definition) is 0. The third-order valence-corrected chi connectivity index (χ3v) is 2.93. The minimum absolute atomic E-state index is 0.0792. The summed E-state index contributed by atoms with van der Waals surface area (Å²) in [5.41, 5.74) is 2.60. The van der Waals surface area contributed by atoms with Gasteiger partial charge in [-0.1, -0.05) is 42.5 Å². The third kappa shape index (κ3) is 3.04. The first kappa shape index (κ1) is 12.5. The Labute approximate surface area is 107 Å². The van der Waals surface area contributed by atoms with Crippen molar-refractivity contribution in [2.45, 2.75) is 19.9 Å². The first-order valence-corrected chi connectivity index (χ1v) is 6.01. The van der Waals surface area contributed by atoms with Crippen LogP contribution in [0, 0.1) is 12.7 Å². The van der Waals surface area contributed by atoms with Crippen LogP contribution in [-0.2, 0) is 0 Å². The van der Waals surface area contributed by atoms with Crippen molar-refractivity contribution in [1.29, 1.82) is 0 Å². The van der Waals surface area contributed by atoms with Gasteiger partial charge in [0.15, 0.2) is 0 Å². The van der Waals surface area contributed by atoms with Gasteiger partial charge in [-0.3, -0.25) is 4.99 Å².